The van der Waals surface area contributed by atoms with Crippen molar-refractivity contribution >= 4 is 16.9 Å². The summed E-state index contributed by atoms with van der Waals surface area (Å²) in [5, 5.41) is 8.19. The highest BCUT2D eigenvalue weighted by atomic mass is 16.5. The Hall–Kier alpha value is -2.05. The predicted molar refractivity (Wildman–Crippen MR) is 117 cm³/mol. The molecule has 0 saturated carbocycles. The van der Waals surface area contributed by atoms with E-state index in [9.17, 15) is 0 Å². The molecule has 0 aliphatic carbocycles. The van der Waals surface area contributed by atoms with Crippen molar-refractivity contribution in [2.45, 2.75) is 39.2 Å². The molecule has 6 nitrogen and oxygen atoms in total. The lowest BCUT2D eigenvalue weighted by molar-refractivity contribution is -0.00683. The number of aliphatic imine (C=N–C) groups is 1. The first-order valence-corrected chi connectivity index (χ1v) is 10.5. The highest BCUT2D eigenvalue weighted by Crippen LogP contribution is 2.19. The molecule has 3 N–H and O–H groups in total. The third kappa shape index (κ3) is 5.49. The second-order valence-corrected chi connectivity index (χ2v) is 8.00. The number of nitrogens with one attached hydrogen (secondary N) is 3. The standard InChI is InChI=1S/C22H35N5O/c1-4-23-21(26-17-22(2,3)27-12-14-28-15-13-27)24-11-7-8-18-16-25-20-10-6-5-9-19(18)20/h5-6,9-10,16,25H,4,7-8,11-15,17H2,1-3H3,(H2,23,24,26). The Balaban J connectivity index is 1.49. The fraction of sp³-hybridized carbons (Fsp3) is 0.591. The molecule has 154 valence electrons. The number of hydrogen-bond acceptors (Lipinski definition) is 3. The number of para-hydroxylation sites is 1. The van der Waals surface area contributed by atoms with E-state index >= 15 is 0 Å². The number of aromatic amines is 1. The topological polar surface area (TPSA) is 64.7 Å². The normalized spacial score (nSPS) is 16.5. The van der Waals surface area contributed by atoms with Crippen LogP contribution >= 0.6 is 0 Å². The van der Waals surface area contributed by atoms with Gasteiger partial charge in [-0.25, -0.2) is 0 Å². The van der Waals surface area contributed by atoms with Gasteiger partial charge in [0.05, 0.1) is 19.8 Å². The van der Waals surface area contributed by atoms with Crippen molar-refractivity contribution in [3.8, 4) is 0 Å². The monoisotopic (exact) mass is 385 g/mol. The van der Waals surface area contributed by atoms with E-state index in [0.29, 0.717) is 0 Å². The van der Waals surface area contributed by atoms with Gasteiger partial charge >= 0.3 is 0 Å². The van der Waals surface area contributed by atoms with Gasteiger partial charge in [0.2, 0.25) is 0 Å². The molecule has 0 bridgehead atoms. The summed E-state index contributed by atoms with van der Waals surface area (Å²) in [7, 11) is 0. The van der Waals surface area contributed by atoms with Gasteiger partial charge in [-0.1, -0.05) is 18.2 Å². The van der Waals surface area contributed by atoms with Crippen LogP contribution in [0.2, 0.25) is 0 Å². The third-order valence-corrected chi connectivity index (χ3v) is 5.43. The van der Waals surface area contributed by atoms with E-state index in [1.165, 1.54) is 16.5 Å². The summed E-state index contributed by atoms with van der Waals surface area (Å²) in [6.45, 7) is 12.8. The fourth-order valence-corrected chi connectivity index (χ4v) is 3.71. The van der Waals surface area contributed by atoms with Crippen LogP contribution in [0.1, 0.15) is 32.8 Å². The van der Waals surface area contributed by atoms with Crippen molar-refractivity contribution in [3.63, 3.8) is 0 Å². The van der Waals surface area contributed by atoms with Crippen molar-refractivity contribution < 1.29 is 4.74 Å². The molecule has 6 heteroatoms. The molecule has 1 aliphatic rings. The number of aromatic nitrogens is 1. The van der Waals surface area contributed by atoms with Crippen molar-refractivity contribution in [1.82, 2.24) is 20.5 Å². The molecule has 0 amide bonds. The van der Waals surface area contributed by atoms with E-state index in [1.54, 1.807) is 0 Å². The third-order valence-electron chi connectivity index (χ3n) is 5.43. The predicted octanol–water partition coefficient (Wildman–Crippen LogP) is 2.77. The van der Waals surface area contributed by atoms with Gasteiger partial charge in [0.1, 0.15) is 0 Å². The number of H-pyrrole nitrogens is 1. The van der Waals surface area contributed by atoms with Crippen LogP contribution in [0.5, 0.6) is 0 Å². The van der Waals surface area contributed by atoms with Crippen LogP contribution in [0.4, 0.5) is 0 Å². The van der Waals surface area contributed by atoms with Gasteiger partial charge < -0.3 is 20.4 Å². The lowest BCUT2D eigenvalue weighted by Gasteiger charge is -2.39. The highest BCUT2D eigenvalue weighted by molar-refractivity contribution is 5.83. The number of benzene rings is 1. The summed E-state index contributed by atoms with van der Waals surface area (Å²) in [6.07, 6.45) is 4.25. The van der Waals surface area contributed by atoms with Gasteiger partial charge in [0, 0.05) is 48.8 Å². The van der Waals surface area contributed by atoms with E-state index in [4.69, 9.17) is 9.73 Å². The lowest BCUT2D eigenvalue weighted by Crippen LogP contribution is -2.52. The van der Waals surface area contributed by atoms with E-state index in [2.05, 4.69) is 71.8 Å². The summed E-state index contributed by atoms with van der Waals surface area (Å²) in [5.41, 5.74) is 2.63. The summed E-state index contributed by atoms with van der Waals surface area (Å²) in [4.78, 5) is 10.7. The Bertz CT molecular complexity index is 761. The molecule has 1 fully saturated rings. The molecule has 2 heterocycles. The van der Waals surface area contributed by atoms with E-state index in [-0.39, 0.29) is 5.54 Å². The lowest BCUT2D eigenvalue weighted by atomic mass is 10.0. The molecule has 0 radical (unpaired) electrons. The van der Waals surface area contributed by atoms with Crippen LogP contribution in [0, 0.1) is 0 Å². The smallest absolute Gasteiger partial charge is 0.191 e. The highest BCUT2D eigenvalue weighted by Gasteiger charge is 2.28. The zero-order valence-electron chi connectivity index (χ0n) is 17.6. The first-order chi connectivity index (χ1) is 13.6. The van der Waals surface area contributed by atoms with Gasteiger partial charge in [-0.3, -0.25) is 9.89 Å². The number of fused-ring (bicyclic) bond motifs is 1. The summed E-state index contributed by atoms with van der Waals surface area (Å²) >= 11 is 0. The zero-order chi connectivity index (χ0) is 19.8. The van der Waals surface area contributed by atoms with Crippen LogP contribution in [0.15, 0.2) is 35.5 Å². The number of hydrogen-bond donors (Lipinski definition) is 3. The van der Waals surface area contributed by atoms with Gasteiger partial charge in [-0.15, -0.1) is 0 Å². The van der Waals surface area contributed by atoms with Gasteiger partial charge in [0.15, 0.2) is 5.96 Å². The second kappa shape index (κ2) is 9.94. The molecule has 1 aliphatic heterocycles. The van der Waals surface area contributed by atoms with Crippen molar-refractivity contribution in [2.75, 3.05) is 45.9 Å². The first-order valence-electron chi connectivity index (χ1n) is 10.5. The minimum atomic E-state index is 0.0379. The average Bonchev–Trinajstić information content (AvgIpc) is 3.13. The van der Waals surface area contributed by atoms with Crippen LogP contribution in [-0.2, 0) is 11.2 Å². The number of nitrogens with zero attached hydrogens (tertiary/aromatic N) is 2. The number of ether oxygens (including phenoxy) is 1. The van der Waals surface area contributed by atoms with Crippen LogP contribution in [-0.4, -0.2) is 67.3 Å². The number of rotatable bonds is 8. The Morgan fingerprint density at radius 3 is 2.79 bits per heavy atom. The Morgan fingerprint density at radius 2 is 2.00 bits per heavy atom. The molecule has 3 rings (SSSR count). The minimum Gasteiger partial charge on any atom is -0.379 e. The molecule has 2 aromatic rings. The maximum Gasteiger partial charge on any atom is 0.191 e. The first kappa shape index (κ1) is 20.7. The minimum absolute atomic E-state index is 0.0379. The summed E-state index contributed by atoms with van der Waals surface area (Å²) < 4.78 is 5.48. The van der Waals surface area contributed by atoms with Crippen molar-refractivity contribution in [2.24, 2.45) is 4.99 Å². The zero-order valence-corrected chi connectivity index (χ0v) is 17.6. The SMILES string of the molecule is CCNC(=NCC(C)(C)N1CCOCC1)NCCCc1c[nH]c2ccccc12. The fourth-order valence-electron chi connectivity index (χ4n) is 3.71. The number of guanidine groups is 1. The molecular weight excluding hydrogens is 350 g/mol. The Kier molecular flexibility index (Phi) is 7.34. The molecule has 0 atom stereocenters. The van der Waals surface area contributed by atoms with Gasteiger partial charge in [-0.05, 0) is 45.2 Å². The molecule has 0 unspecified atom stereocenters. The van der Waals surface area contributed by atoms with Gasteiger partial charge in [0.25, 0.3) is 0 Å². The molecule has 28 heavy (non-hydrogen) atoms. The quantitative estimate of drug-likeness (QED) is 0.371. The number of aryl methyl sites for hydroxylation is 1. The Morgan fingerprint density at radius 1 is 1.21 bits per heavy atom. The molecular formula is C22H35N5O. The largest absolute Gasteiger partial charge is 0.379 e. The van der Waals surface area contributed by atoms with Crippen LogP contribution < -0.4 is 10.6 Å². The van der Waals surface area contributed by atoms with Crippen LogP contribution in [0.3, 0.4) is 0 Å². The molecule has 1 aromatic heterocycles. The molecule has 1 saturated heterocycles. The summed E-state index contributed by atoms with van der Waals surface area (Å²) in [5.74, 6) is 0.905. The molecule has 0 spiro atoms. The average molecular weight is 386 g/mol. The maximum absolute atomic E-state index is 5.48. The Labute approximate surface area is 168 Å². The van der Waals surface area contributed by atoms with Crippen molar-refractivity contribution in [1.29, 1.82) is 0 Å². The van der Waals surface area contributed by atoms with E-state index in [0.717, 1.165) is 64.7 Å². The van der Waals surface area contributed by atoms with E-state index in [1.807, 2.05) is 0 Å². The van der Waals surface area contributed by atoms with Crippen LogP contribution in [0.25, 0.3) is 10.9 Å². The van der Waals surface area contributed by atoms with Gasteiger partial charge in [-0.2, -0.15) is 0 Å². The van der Waals surface area contributed by atoms with Crippen molar-refractivity contribution in [3.05, 3.63) is 36.0 Å². The molecule has 1 aromatic carbocycles. The second-order valence-electron chi connectivity index (χ2n) is 8.00. The maximum atomic E-state index is 5.48. The van der Waals surface area contributed by atoms with E-state index < -0.39 is 0 Å². The summed E-state index contributed by atoms with van der Waals surface area (Å²) in [6, 6.07) is 8.49. The number of morpholine rings is 1.